The van der Waals surface area contributed by atoms with E-state index in [-0.39, 0.29) is 18.4 Å². The van der Waals surface area contributed by atoms with Gasteiger partial charge in [0.2, 0.25) is 0 Å². The number of nitrogens with zero attached hydrogens (tertiary/aromatic N) is 2. The maximum atomic E-state index is 11.7. The summed E-state index contributed by atoms with van der Waals surface area (Å²) in [6, 6.07) is 1.98. The molecule has 0 saturated carbocycles. The zero-order chi connectivity index (χ0) is 13.5. The molecule has 1 atom stereocenters. The van der Waals surface area contributed by atoms with Crippen molar-refractivity contribution >= 4 is 6.09 Å². The number of rotatable bonds is 4. The minimum atomic E-state index is -0.566. The van der Waals surface area contributed by atoms with Crippen molar-refractivity contribution < 1.29 is 14.6 Å². The first-order valence-corrected chi connectivity index (χ1v) is 6.51. The molecule has 1 amide bonds. The van der Waals surface area contributed by atoms with Crippen molar-refractivity contribution in [3.05, 3.63) is 0 Å². The van der Waals surface area contributed by atoms with Crippen LogP contribution in [0.15, 0.2) is 0 Å². The average Bonchev–Trinajstić information content (AvgIpc) is 2.36. The Balaban J connectivity index is 2.30. The van der Waals surface area contributed by atoms with Crippen LogP contribution in [0.3, 0.4) is 0 Å². The minimum Gasteiger partial charge on any atom is -0.449 e. The molecule has 0 aromatic heterocycles. The van der Waals surface area contributed by atoms with Crippen LogP contribution >= 0.6 is 0 Å². The van der Waals surface area contributed by atoms with Gasteiger partial charge in [0.25, 0.3) is 0 Å². The summed E-state index contributed by atoms with van der Waals surface area (Å²) in [6.07, 6.45) is 0.808. The van der Waals surface area contributed by atoms with Crippen LogP contribution in [-0.4, -0.2) is 41.9 Å². The van der Waals surface area contributed by atoms with Gasteiger partial charge < -0.3 is 14.7 Å². The second-order valence-electron chi connectivity index (χ2n) is 5.22. The number of likely N-dealkylation sites (tertiary alicyclic amines) is 1. The molecule has 0 radical (unpaired) electrons. The second-order valence-corrected chi connectivity index (χ2v) is 5.22. The first kappa shape index (κ1) is 14.8. The molecule has 1 rings (SSSR count). The van der Waals surface area contributed by atoms with Crippen molar-refractivity contribution in [2.24, 2.45) is 11.8 Å². The van der Waals surface area contributed by atoms with Crippen molar-refractivity contribution in [2.75, 3.05) is 19.7 Å². The molecule has 5 heteroatoms. The van der Waals surface area contributed by atoms with Crippen molar-refractivity contribution in [3.8, 4) is 6.07 Å². The quantitative estimate of drug-likeness (QED) is 0.829. The maximum absolute atomic E-state index is 11.7. The first-order valence-electron chi connectivity index (χ1n) is 6.51. The Hall–Kier alpha value is -1.28. The number of aliphatic hydroxyl groups excluding tert-OH is 1. The van der Waals surface area contributed by atoms with Crippen LogP contribution < -0.4 is 0 Å². The highest BCUT2D eigenvalue weighted by Crippen LogP contribution is 2.22. The molecule has 1 fully saturated rings. The lowest BCUT2D eigenvalue weighted by molar-refractivity contribution is 0.0463. The molecule has 0 aromatic rings. The number of nitriles is 1. The van der Waals surface area contributed by atoms with Gasteiger partial charge in [-0.2, -0.15) is 5.26 Å². The molecule has 0 aromatic carbocycles. The molecular formula is C13H22N2O3. The smallest absolute Gasteiger partial charge is 0.409 e. The fraction of sp³-hybridized carbons (Fsp3) is 0.846. The van der Waals surface area contributed by atoms with Crippen LogP contribution in [-0.2, 0) is 4.74 Å². The number of piperidine rings is 1. The van der Waals surface area contributed by atoms with Gasteiger partial charge in [0, 0.05) is 13.1 Å². The number of ether oxygens (including phenoxy) is 1. The van der Waals surface area contributed by atoms with E-state index in [2.05, 4.69) is 0 Å². The highest BCUT2D eigenvalue weighted by Gasteiger charge is 2.27. The van der Waals surface area contributed by atoms with Gasteiger partial charge >= 0.3 is 6.09 Å². The van der Waals surface area contributed by atoms with Gasteiger partial charge in [0.05, 0.1) is 25.2 Å². The van der Waals surface area contributed by atoms with Crippen LogP contribution in [0.5, 0.6) is 0 Å². The molecule has 5 nitrogen and oxygen atoms in total. The normalized spacial score (nSPS) is 18.5. The van der Waals surface area contributed by atoms with Crippen LogP contribution in [0.2, 0.25) is 0 Å². The van der Waals surface area contributed by atoms with Crippen molar-refractivity contribution in [1.82, 2.24) is 4.90 Å². The Labute approximate surface area is 108 Å². The lowest BCUT2D eigenvalue weighted by Gasteiger charge is -2.33. The lowest BCUT2D eigenvalue weighted by atomic mass is 9.90. The largest absolute Gasteiger partial charge is 0.449 e. The second kappa shape index (κ2) is 7.22. The molecule has 1 aliphatic rings. The van der Waals surface area contributed by atoms with Gasteiger partial charge in [-0.25, -0.2) is 4.79 Å². The molecule has 102 valence electrons. The van der Waals surface area contributed by atoms with Gasteiger partial charge in [-0.15, -0.1) is 0 Å². The summed E-state index contributed by atoms with van der Waals surface area (Å²) in [5, 5.41) is 18.3. The lowest BCUT2D eigenvalue weighted by Crippen LogP contribution is -2.41. The van der Waals surface area contributed by atoms with E-state index < -0.39 is 6.10 Å². The topological polar surface area (TPSA) is 73.6 Å². The number of aliphatic hydroxyl groups is 1. The highest BCUT2D eigenvalue weighted by molar-refractivity contribution is 5.67. The van der Waals surface area contributed by atoms with Crippen LogP contribution in [0.4, 0.5) is 4.79 Å². The summed E-state index contributed by atoms with van der Waals surface area (Å²) in [6.45, 7) is 5.64. The van der Waals surface area contributed by atoms with E-state index in [1.54, 1.807) is 4.90 Å². The number of carbonyl (C=O) groups is 1. The molecule has 1 saturated heterocycles. The minimum absolute atomic E-state index is 0.124. The molecule has 0 bridgehead atoms. The first-order chi connectivity index (χ1) is 8.54. The van der Waals surface area contributed by atoms with Crippen LogP contribution in [0.25, 0.3) is 0 Å². The summed E-state index contributed by atoms with van der Waals surface area (Å²) in [5.41, 5.74) is 0. The molecule has 1 unspecified atom stereocenters. The summed E-state index contributed by atoms with van der Waals surface area (Å²) in [7, 11) is 0. The zero-order valence-corrected chi connectivity index (χ0v) is 11.1. The molecule has 0 aliphatic carbocycles. The van der Waals surface area contributed by atoms with Gasteiger partial charge in [-0.3, -0.25) is 0 Å². The van der Waals surface area contributed by atoms with E-state index in [0.717, 1.165) is 12.8 Å². The number of hydrogen-bond donors (Lipinski definition) is 1. The van der Waals surface area contributed by atoms with E-state index in [1.165, 1.54) is 0 Å². The molecule has 1 N–H and O–H groups in total. The summed E-state index contributed by atoms with van der Waals surface area (Å²) in [4.78, 5) is 13.4. The highest BCUT2D eigenvalue weighted by atomic mass is 16.6. The Bertz CT molecular complexity index is 304. The van der Waals surface area contributed by atoms with E-state index in [0.29, 0.717) is 25.6 Å². The van der Waals surface area contributed by atoms with Gasteiger partial charge in [0.1, 0.15) is 0 Å². The SMILES string of the molecule is CC(C)COC(=O)N1CCC(C(O)CC#N)CC1. The zero-order valence-electron chi connectivity index (χ0n) is 11.1. The molecule has 1 heterocycles. The fourth-order valence-electron chi connectivity index (χ4n) is 2.06. The molecule has 0 spiro atoms. The monoisotopic (exact) mass is 254 g/mol. The van der Waals surface area contributed by atoms with Crippen molar-refractivity contribution in [1.29, 1.82) is 5.26 Å². The predicted octanol–water partition coefficient (Wildman–Crippen LogP) is 1.77. The van der Waals surface area contributed by atoms with Gasteiger partial charge in [-0.05, 0) is 24.7 Å². The number of amides is 1. The Kier molecular flexibility index (Phi) is 5.93. The maximum Gasteiger partial charge on any atom is 0.409 e. The van der Waals surface area contributed by atoms with Gasteiger partial charge in [0.15, 0.2) is 0 Å². The third-order valence-electron chi connectivity index (χ3n) is 3.18. The van der Waals surface area contributed by atoms with E-state index in [1.807, 2.05) is 19.9 Å². The number of hydrogen-bond acceptors (Lipinski definition) is 4. The Morgan fingerprint density at radius 2 is 2.11 bits per heavy atom. The number of carbonyl (C=O) groups excluding carboxylic acids is 1. The fourth-order valence-corrected chi connectivity index (χ4v) is 2.06. The molecule has 18 heavy (non-hydrogen) atoms. The summed E-state index contributed by atoms with van der Waals surface area (Å²) in [5.74, 6) is 0.461. The molecule has 1 aliphatic heterocycles. The predicted molar refractivity (Wildman–Crippen MR) is 66.7 cm³/mol. The average molecular weight is 254 g/mol. The molecular weight excluding hydrogens is 232 g/mol. The van der Waals surface area contributed by atoms with E-state index in [9.17, 15) is 9.90 Å². The third-order valence-corrected chi connectivity index (χ3v) is 3.18. The van der Waals surface area contributed by atoms with Crippen molar-refractivity contribution in [2.45, 2.75) is 39.2 Å². The summed E-state index contributed by atoms with van der Waals surface area (Å²) < 4.78 is 5.16. The van der Waals surface area contributed by atoms with E-state index >= 15 is 0 Å². The van der Waals surface area contributed by atoms with Crippen LogP contribution in [0, 0.1) is 23.2 Å². The van der Waals surface area contributed by atoms with E-state index in [4.69, 9.17) is 10.00 Å². The van der Waals surface area contributed by atoms with Crippen molar-refractivity contribution in [3.63, 3.8) is 0 Å². The third kappa shape index (κ3) is 4.53. The Morgan fingerprint density at radius 3 is 2.61 bits per heavy atom. The Morgan fingerprint density at radius 1 is 1.50 bits per heavy atom. The standard InChI is InChI=1S/C13H22N2O3/c1-10(2)9-18-13(17)15-7-4-11(5-8-15)12(16)3-6-14/h10-12,16H,3-5,7-9H2,1-2H3. The van der Waals surface area contributed by atoms with Crippen LogP contribution in [0.1, 0.15) is 33.1 Å². The summed E-state index contributed by atoms with van der Waals surface area (Å²) >= 11 is 0. The van der Waals surface area contributed by atoms with Gasteiger partial charge in [-0.1, -0.05) is 13.8 Å².